The molecule has 0 fully saturated rings. The van der Waals surface area contributed by atoms with Crippen molar-refractivity contribution in [1.29, 1.82) is 0 Å². The molecule has 2 N–H and O–H groups in total. The fraction of sp³-hybridized carbons (Fsp3) is 0.316. The van der Waals surface area contributed by atoms with Crippen molar-refractivity contribution in [3.63, 3.8) is 0 Å². The van der Waals surface area contributed by atoms with Gasteiger partial charge in [0.15, 0.2) is 0 Å². The molecule has 2 atom stereocenters. The molecule has 0 radical (unpaired) electrons. The van der Waals surface area contributed by atoms with Gasteiger partial charge in [0.2, 0.25) is 5.91 Å². The number of benzene rings is 2. The summed E-state index contributed by atoms with van der Waals surface area (Å²) in [5.74, 6) is -0.350. The van der Waals surface area contributed by atoms with Gasteiger partial charge in [-0.25, -0.2) is 4.39 Å². The van der Waals surface area contributed by atoms with Gasteiger partial charge in [-0.3, -0.25) is 4.79 Å². The van der Waals surface area contributed by atoms with Gasteiger partial charge < -0.3 is 10.6 Å². The lowest BCUT2D eigenvalue weighted by atomic mass is 10.1. The predicted molar refractivity (Wildman–Crippen MR) is 91.9 cm³/mol. The Morgan fingerprint density at radius 1 is 1.04 bits per heavy atom. The van der Waals surface area contributed by atoms with Crippen LogP contribution in [0.1, 0.15) is 25.8 Å². The second-order valence-electron chi connectivity index (χ2n) is 5.81. The largest absolute Gasteiger partial charge is 0.374 e. The summed E-state index contributed by atoms with van der Waals surface area (Å²) < 4.78 is 12.9. The Hall–Kier alpha value is -2.36. The van der Waals surface area contributed by atoms with Crippen LogP contribution in [0.25, 0.3) is 0 Å². The summed E-state index contributed by atoms with van der Waals surface area (Å²) in [4.78, 5) is 12.2. The second-order valence-corrected chi connectivity index (χ2v) is 5.81. The van der Waals surface area contributed by atoms with Crippen LogP contribution in [0, 0.1) is 5.82 Å². The first-order chi connectivity index (χ1) is 11.0. The van der Waals surface area contributed by atoms with Crippen LogP contribution in [0.15, 0.2) is 54.6 Å². The van der Waals surface area contributed by atoms with Crippen molar-refractivity contribution in [2.24, 2.45) is 0 Å². The van der Waals surface area contributed by atoms with Crippen LogP contribution in [0.2, 0.25) is 0 Å². The van der Waals surface area contributed by atoms with Crippen molar-refractivity contribution in [2.45, 2.75) is 38.8 Å². The summed E-state index contributed by atoms with van der Waals surface area (Å²) >= 11 is 0. The molecule has 4 heteroatoms. The molecule has 3 nitrogen and oxygen atoms in total. The average Bonchev–Trinajstić information content (AvgIpc) is 2.56. The molecule has 122 valence electrons. The molecule has 2 rings (SSSR count). The summed E-state index contributed by atoms with van der Waals surface area (Å²) in [6, 6.07) is 15.9. The third-order valence-electron chi connectivity index (χ3n) is 3.72. The summed E-state index contributed by atoms with van der Waals surface area (Å²) in [5.41, 5.74) is 2.00. The zero-order valence-electron chi connectivity index (χ0n) is 13.6. The molecule has 0 unspecified atom stereocenters. The van der Waals surface area contributed by atoms with E-state index in [9.17, 15) is 9.18 Å². The second kappa shape index (κ2) is 8.32. The van der Waals surface area contributed by atoms with E-state index in [0.717, 1.165) is 18.5 Å². The van der Waals surface area contributed by atoms with Gasteiger partial charge in [-0.15, -0.1) is 0 Å². The first kappa shape index (κ1) is 17.0. The number of halogens is 1. The first-order valence-corrected chi connectivity index (χ1v) is 7.91. The smallest absolute Gasteiger partial charge is 0.242 e. The Morgan fingerprint density at radius 3 is 2.35 bits per heavy atom. The van der Waals surface area contributed by atoms with Gasteiger partial charge in [-0.2, -0.15) is 0 Å². The fourth-order valence-electron chi connectivity index (χ4n) is 2.33. The van der Waals surface area contributed by atoms with Crippen molar-refractivity contribution in [1.82, 2.24) is 5.32 Å². The monoisotopic (exact) mass is 314 g/mol. The molecule has 2 aromatic carbocycles. The normalized spacial score (nSPS) is 13.2. The molecule has 0 spiro atoms. The molecule has 0 heterocycles. The van der Waals surface area contributed by atoms with Gasteiger partial charge in [0.1, 0.15) is 11.9 Å². The van der Waals surface area contributed by atoms with Crippen LogP contribution in [-0.2, 0) is 11.2 Å². The number of hydrogen-bond donors (Lipinski definition) is 2. The lowest BCUT2D eigenvalue weighted by Crippen LogP contribution is -2.42. The van der Waals surface area contributed by atoms with Gasteiger partial charge in [0.05, 0.1) is 0 Å². The Bertz CT molecular complexity index is 613. The van der Waals surface area contributed by atoms with E-state index in [1.165, 1.54) is 17.7 Å². The van der Waals surface area contributed by atoms with E-state index < -0.39 is 0 Å². The lowest BCUT2D eigenvalue weighted by Gasteiger charge is -2.19. The Balaban J connectivity index is 1.77. The Kier molecular flexibility index (Phi) is 6.15. The molecule has 0 bridgehead atoms. The van der Waals surface area contributed by atoms with Crippen LogP contribution < -0.4 is 10.6 Å². The van der Waals surface area contributed by atoms with Crippen molar-refractivity contribution < 1.29 is 9.18 Å². The molecule has 0 aromatic heterocycles. The molecule has 0 aliphatic rings. The number of anilines is 1. The predicted octanol–water partition coefficient (Wildman–Crippen LogP) is 3.76. The minimum absolute atomic E-state index is 0.0603. The number of rotatable bonds is 7. The molecule has 23 heavy (non-hydrogen) atoms. The van der Waals surface area contributed by atoms with E-state index in [1.54, 1.807) is 19.1 Å². The summed E-state index contributed by atoms with van der Waals surface area (Å²) in [7, 11) is 0. The molecule has 0 saturated heterocycles. The molecule has 0 aliphatic carbocycles. The molecular formula is C19H23FN2O. The molecule has 0 aliphatic heterocycles. The number of amides is 1. The highest BCUT2D eigenvalue weighted by molar-refractivity contribution is 5.84. The quantitative estimate of drug-likeness (QED) is 0.817. The molecule has 0 saturated carbocycles. The van der Waals surface area contributed by atoms with Crippen molar-refractivity contribution >= 4 is 11.6 Å². The van der Waals surface area contributed by atoms with Gasteiger partial charge in [0.25, 0.3) is 0 Å². The van der Waals surface area contributed by atoms with Crippen LogP contribution in [0.3, 0.4) is 0 Å². The SMILES string of the molecule is C[C@H](CCc1ccccc1)NC(=O)[C@H](C)Nc1ccc(F)cc1. The van der Waals surface area contributed by atoms with E-state index in [0.29, 0.717) is 0 Å². The first-order valence-electron chi connectivity index (χ1n) is 7.91. The number of nitrogens with one attached hydrogen (secondary N) is 2. The van der Waals surface area contributed by atoms with E-state index in [1.807, 2.05) is 25.1 Å². The van der Waals surface area contributed by atoms with Crippen LogP contribution in [-0.4, -0.2) is 18.0 Å². The van der Waals surface area contributed by atoms with Gasteiger partial charge in [-0.1, -0.05) is 30.3 Å². The van der Waals surface area contributed by atoms with Gasteiger partial charge >= 0.3 is 0 Å². The third kappa shape index (κ3) is 5.74. The maximum Gasteiger partial charge on any atom is 0.242 e. The maximum atomic E-state index is 12.9. The number of carbonyl (C=O) groups excluding carboxylic acids is 1. The highest BCUT2D eigenvalue weighted by atomic mass is 19.1. The van der Waals surface area contributed by atoms with Gasteiger partial charge in [-0.05, 0) is 56.5 Å². The van der Waals surface area contributed by atoms with Crippen molar-refractivity contribution in [2.75, 3.05) is 5.32 Å². The maximum absolute atomic E-state index is 12.9. The van der Waals surface area contributed by atoms with Crippen LogP contribution in [0.5, 0.6) is 0 Å². The number of carbonyl (C=O) groups is 1. The zero-order chi connectivity index (χ0) is 16.7. The number of aryl methyl sites for hydroxylation is 1. The Morgan fingerprint density at radius 2 is 1.70 bits per heavy atom. The molecule has 1 amide bonds. The third-order valence-corrected chi connectivity index (χ3v) is 3.72. The lowest BCUT2D eigenvalue weighted by molar-refractivity contribution is -0.122. The van der Waals surface area contributed by atoms with Crippen molar-refractivity contribution in [3.8, 4) is 0 Å². The standard InChI is InChI=1S/C19H23FN2O/c1-14(8-9-16-6-4-3-5-7-16)21-19(23)15(2)22-18-12-10-17(20)11-13-18/h3-7,10-15,22H,8-9H2,1-2H3,(H,21,23)/t14-,15+/m1/s1. The topological polar surface area (TPSA) is 41.1 Å². The summed E-state index contributed by atoms with van der Waals surface area (Å²) in [6.07, 6.45) is 1.82. The van der Waals surface area contributed by atoms with Crippen LogP contribution >= 0.6 is 0 Å². The van der Waals surface area contributed by atoms with E-state index in [2.05, 4.69) is 22.8 Å². The highest BCUT2D eigenvalue weighted by Gasteiger charge is 2.15. The fourth-order valence-corrected chi connectivity index (χ4v) is 2.33. The van der Waals surface area contributed by atoms with Gasteiger partial charge in [0, 0.05) is 11.7 Å². The van der Waals surface area contributed by atoms with E-state index >= 15 is 0 Å². The Labute approximate surface area is 136 Å². The minimum atomic E-state index is -0.375. The molecular weight excluding hydrogens is 291 g/mol. The van der Waals surface area contributed by atoms with Crippen molar-refractivity contribution in [3.05, 3.63) is 66.0 Å². The van der Waals surface area contributed by atoms with E-state index in [4.69, 9.17) is 0 Å². The summed E-state index contributed by atoms with van der Waals surface area (Å²) in [5, 5.41) is 6.08. The number of hydrogen-bond acceptors (Lipinski definition) is 2. The molecule has 2 aromatic rings. The summed E-state index contributed by atoms with van der Waals surface area (Å²) in [6.45, 7) is 3.80. The van der Waals surface area contributed by atoms with Crippen LogP contribution in [0.4, 0.5) is 10.1 Å². The minimum Gasteiger partial charge on any atom is -0.374 e. The zero-order valence-corrected chi connectivity index (χ0v) is 13.6. The van der Waals surface area contributed by atoms with E-state index in [-0.39, 0.29) is 23.8 Å². The highest BCUT2D eigenvalue weighted by Crippen LogP contribution is 2.10. The average molecular weight is 314 g/mol.